The van der Waals surface area contributed by atoms with Gasteiger partial charge in [-0.2, -0.15) is 18.3 Å². The summed E-state index contributed by atoms with van der Waals surface area (Å²) in [6.45, 7) is 0.875. The summed E-state index contributed by atoms with van der Waals surface area (Å²) in [5.74, 6) is -0.799. The predicted octanol–water partition coefficient (Wildman–Crippen LogP) is 1.55. The first-order valence-electron chi connectivity index (χ1n) is 6.97. The second kappa shape index (κ2) is 6.37. The molecule has 0 aromatic carbocycles. The Bertz CT molecular complexity index is 556. The molecule has 9 heteroatoms. The Labute approximate surface area is 124 Å². The molecule has 1 aromatic rings. The van der Waals surface area contributed by atoms with Crippen molar-refractivity contribution in [1.29, 1.82) is 0 Å². The molecule has 3 N–H and O–H groups in total. The van der Waals surface area contributed by atoms with Crippen molar-refractivity contribution in [2.45, 2.75) is 31.9 Å². The summed E-state index contributed by atoms with van der Waals surface area (Å²) in [6.07, 6.45) is -2.13. The van der Waals surface area contributed by atoms with Gasteiger partial charge in [-0.05, 0) is 25.2 Å². The van der Waals surface area contributed by atoms with Crippen LogP contribution in [0.1, 0.15) is 41.9 Å². The number of aromatic nitrogens is 2. The maximum absolute atomic E-state index is 12.5. The Morgan fingerprint density at radius 3 is 2.77 bits per heavy atom. The van der Waals surface area contributed by atoms with Crippen molar-refractivity contribution < 1.29 is 22.8 Å². The summed E-state index contributed by atoms with van der Waals surface area (Å²) in [5.41, 5.74) is 3.81. The molecule has 0 bridgehead atoms. The summed E-state index contributed by atoms with van der Waals surface area (Å²) in [6, 6.07) is 0.718. The molecule has 1 saturated heterocycles. The molecule has 1 aliphatic heterocycles. The van der Waals surface area contributed by atoms with Crippen LogP contribution in [0.2, 0.25) is 0 Å². The lowest BCUT2D eigenvalue weighted by Gasteiger charge is -2.32. The Morgan fingerprint density at radius 2 is 2.18 bits per heavy atom. The molecule has 122 valence electrons. The maximum Gasteiger partial charge on any atom is 0.432 e. The van der Waals surface area contributed by atoms with Crippen molar-refractivity contribution in [3.8, 4) is 0 Å². The van der Waals surface area contributed by atoms with E-state index in [1.54, 1.807) is 0 Å². The number of likely N-dealkylation sites (tertiary alicyclic amines) is 1. The number of hydrogen-bond acceptors (Lipinski definition) is 3. The second-order valence-corrected chi connectivity index (χ2v) is 5.43. The van der Waals surface area contributed by atoms with E-state index in [1.165, 1.54) is 4.90 Å². The quantitative estimate of drug-likeness (QED) is 0.882. The van der Waals surface area contributed by atoms with Gasteiger partial charge in [0.2, 0.25) is 5.91 Å². The first kappa shape index (κ1) is 16.3. The summed E-state index contributed by atoms with van der Waals surface area (Å²) in [7, 11) is 0. The molecule has 22 heavy (non-hydrogen) atoms. The number of amides is 2. The zero-order valence-electron chi connectivity index (χ0n) is 11.8. The van der Waals surface area contributed by atoms with Gasteiger partial charge >= 0.3 is 6.18 Å². The van der Waals surface area contributed by atoms with Crippen LogP contribution in [0.15, 0.2) is 6.07 Å². The molecule has 2 rings (SSSR count). The average Bonchev–Trinajstić information content (AvgIpc) is 2.94. The van der Waals surface area contributed by atoms with Crippen LogP contribution in [-0.4, -0.2) is 40.0 Å². The smallest absolute Gasteiger partial charge is 0.370 e. The monoisotopic (exact) mass is 318 g/mol. The number of alkyl halides is 3. The molecule has 0 saturated carbocycles. The van der Waals surface area contributed by atoms with Crippen molar-refractivity contribution in [1.82, 2.24) is 15.1 Å². The number of H-pyrrole nitrogens is 1. The van der Waals surface area contributed by atoms with Crippen molar-refractivity contribution >= 4 is 11.8 Å². The number of nitrogens with one attached hydrogen (secondary N) is 1. The highest BCUT2D eigenvalue weighted by Crippen LogP contribution is 2.28. The zero-order valence-corrected chi connectivity index (χ0v) is 11.8. The van der Waals surface area contributed by atoms with Gasteiger partial charge in [-0.25, -0.2) is 0 Å². The van der Waals surface area contributed by atoms with Crippen LogP contribution < -0.4 is 5.73 Å². The minimum absolute atomic E-state index is 0.131. The topological polar surface area (TPSA) is 92.1 Å². The number of carbonyl (C=O) groups is 2. The predicted molar refractivity (Wildman–Crippen MR) is 70.6 cm³/mol. The molecule has 0 aliphatic carbocycles. The van der Waals surface area contributed by atoms with Crippen molar-refractivity contribution in [3.63, 3.8) is 0 Å². The Balaban J connectivity index is 1.99. The van der Waals surface area contributed by atoms with E-state index in [0.717, 1.165) is 18.9 Å². The summed E-state index contributed by atoms with van der Waals surface area (Å²) in [4.78, 5) is 24.5. The van der Waals surface area contributed by atoms with Crippen LogP contribution >= 0.6 is 0 Å². The minimum Gasteiger partial charge on any atom is -0.370 e. The zero-order chi connectivity index (χ0) is 16.3. The molecule has 1 fully saturated rings. The van der Waals surface area contributed by atoms with E-state index in [9.17, 15) is 22.8 Å². The Morgan fingerprint density at radius 1 is 1.45 bits per heavy atom. The number of aromatic amines is 1. The van der Waals surface area contributed by atoms with Gasteiger partial charge < -0.3 is 10.6 Å². The molecule has 2 heterocycles. The number of nitrogens with zero attached hydrogens (tertiary/aromatic N) is 2. The van der Waals surface area contributed by atoms with E-state index in [1.807, 2.05) is 5.10 Å². The second-order valence-electron chi connectivity index (χ2n) is 5.43. The first-order chi connectivity index (χ1) is 10.3. The van der Waals surface area contributed by atoms with Gasteiger partial charge in [0.15, 0.2) is 5.69 Å². The minimum atomic E-state index is -4.56. The largest absolute Gasteiger partial charge is 0.432 e. The number of hydrogen-bond donors (Lipinski definition) is 2. The molecule has 1 unspecified atom stereocenters. The normalized spacial score (nSPS) is 19.2. The van der Waals surface area contributed by atoms with E-state index < -0.39 is 23.7 Å². The number of primary amides is 1. The molecular formula is C13H17F3N4O2. The third kappa shape index (κ3) is 3.99. The van der Waals surface area contributed by atoms with Gasteiger partial charge in [0.25, 0.3) is 5.91 Å². The van der Waals surface area contributed by atoms with Gasteiger partial charge in [0.05, 0.1) is 0 Å². The van der Waals surface area contributed by atoms with Gasteiger partial charge in [-0.15, -0.1) is 0 Å². The number of halogens is 3. The van der Waals surface area contributed by atoms with E-state index in [4.69, 9.17) is 5.73 Å². The third-order valence-electron chi connectivity index (χ3n) is 3.71. The van der Waals surface area contributed by atoms with Gasteiger partial charge in [-0.1, -0.05) is 0 Å². The van der Waals surface area contributed by atoms with Crippen LogP contribution in [0.25, 0.3) is 0 Å². The highest BCUT2D eigenvalue weighted by atomic mass is 19.4. The first-order valence-corrected chi connectivity index (χ1v) is 6.97. The van der Waals surface area contributed by atoms with E-state index in [0.29, 0.717) is 19.5 Å². The van der Waals surface area contributed by atoms with Gasteiger partial charge in [0.1, 0.15) is 5.69 Å². The fraction of sp³-hybridized carbons (Fsp3) is 0.615. The van der Waals surface area contributed by atoms with Crippen LogP contribution in [-0.2, 0) is 11.0 Å². The van der Waals surface area contributed by atoms with Crippen LogP contribution in [0.5, 0.6) is 0 Å². The van der Waals surface area contributed by atoms with E-state index in [-0.39, 0.29) is 18.0 Å². The molecule has 1 atom stereocenters. The van der Waals surface area contributed by atoms with E-state index in [2.05, 4.69) is 5.10 Å². The molecule has 0 radical (unpaired) electrons. The molecular weight excluding hydrogens is 301 g/mol. The molecule has 6 nitrogen and oxygen atoms in total. The lowest BCUT2D eigenvalue weighted by molar-refractivity contribution is -0.141. The average molecular weight is 318 g/mol. The third-order valence-corrected chi connectivity index (χ3v) is 3.71. The van der Waals surface area contributed by atoms with Gasteiger partial charge in [0, 0.05) is 25.6 Å². The Hall–Kier alpha value is -2.06. The van der Waals surface area contributed by atoms with Crippen LogP contribution in [0.3, 0.4) is 0 Å². The van der Waals surface area contributed by atoms with Crippen LogP contribution in [0, 0.1) is 5.92 Å². The lowest BCUT2D eigenvalue weighted by Crippen LogP contribution is -2.40. The van der Waals surface area contributed by atoms with Crippen molar-refractivity contribution in [2.24, 2.45) is 11.7 Å². The maximum atomic E-state index is 12.5. The Kier molecular flexibility index (Phi) is 4.72. The fourth-order valence-corrected chi connectivity index (χ4v) is 2.57. The number of rotatable bonds is 4. The molecule has 1 aliphatic rings. The molecule has 1 aromatic heterocycles. The van der Waals surface area contributed by atoms with Gasteiger partial charge in [-0.3, -0.25) is 14.7 Å². The highest BCUT2D eigenvalue weighted by Gasteiger charge is 2.35. The lowest BCUT2D eigenvalue weighted by atomic mass is 9.93. The standard InChI is InChI=1S/C13H17F3N4O2/c14-13(15,16)10-6-9(18-19-10)12(22)20-5-1-2-8(7-20)3-4-11(17)21/h6,8H,1-5,7H2,(H2,17,21)(H,18,19). The van der Waals surface area contributed by atoms with Crippen molar-refractivity contribution in [2.75, 3.05) is 13.1 Å². The summed E-state index contributed by atoms with van der Waals surface area (Å²) < 4.78 is 37.5. The fourth-order valence-electron chi connectivity index (χ4n) is 2.57. The number of carbonyl (C=O) groups excluding carboxylic acids is 2. The number of piperidine rings is 1. The van der Waals surface area contributed by atoms with Crippen molar-refractivity contribution in [3.05, 3.63) is 17.5 Å². The van der Waals surface area contributed by atoms with Crippen LogP contribution in [0.4, 0.5) is 13.2 Å². The highest BCUT2D eigenvalue weighted by molar-refractivity contribution is 5.92. The summed E-state index contributed by atoms with van der Waals surface area (Å²) in [5, 5.41) is 5.28. The van der Waals surface area contributed by atoms with E-state index >= 15 is 0 Å². The SMILES string of the molecule is NC(=O)CCC1CCCN(C(=O)c2cc(C(F)(F)F)[nH]n2)C1. The molecule has 0 spiro atoms. The molecule has 2 amide bonds. The summed E-state index contributed by atoms with van der Waals surface area (Å²) >= 11 is 0. The number of nitrogens with two attached hydrogens (primary N) is 1.